The summed E-state index contributed by atoms with van der Waals surface area (Å²) in [6.45, 7) is 4.54. The molecule has 1 fully saturated rings. The van der Waals surface area contributed by atoms with Crippen molar-refractivity contribution in [2.45, 2.75) is 58.4 Å². The molecule has 1 saturated carbocycles. The second kappa shape index (κ2) is 8.03. The van der Waals surface area contributed by atoms with Crippen LogP contribution in [0.4, 0.5) is 0 Å². The number of aromatic nitrogens is 2. The molecule has 1 aliphatic carbocycles. The van der Waals surface area contributed by atoms with Gasteiger partial charge in [-0.25, -0.2) is 9.78 Å². The molecule has 1 amide bonds. The Balaban J connectivity index is 1.61. The Morgan fingerprint density at radius 2 is 2.04 bits per heavy atom. The zero-order valence-electron chi connectivity index (χ0n) is 15.2. The highest BCUT2D eigenvalue weighted by atomic mass is 32.1. The van der Waals surface area contributed by atoms with Crippen LogP contribution in [0.25, 0.3) is 0 Å². The smallest absolute Gasteiger partial charge is 0.355 e. The molecule has 0 atom stereocenters. The first kappa shape index (κ1) is 18.6. The second-order valence-corrected chi connectivity index (χ2v) is 7.83. The summed E-state index contributed by atoms with van der Waals surface area (Å²) in [5.41, 5.74) is 2.98. The highest BCUT2D eigenvalue weighted by molar-refractivity contribution is 7.09. The number of carbonyl (C=O) groups excluding carboxylic acids is 1. The minimum atomic E-state index is -1.02. The van der Waals surface area contributed by atoms with Crippen LogP contribution in [0.3, 0.4) is 0 Å². The number of hydrogen-bond donors (Lipinski definition) is 2. The molecular formula is C19H25N3O3S. The van der Waals surface area contributed by atoms with E-state index < -0.39 is 5.97 Å². The van der Waals surface area contributed by atoms with Gasteiger partial charge in [0.1, 0.15) is 0 Å². The molecule has 1 aliphatic rings. The Labute approximate surface area is 157 Å². The lowest BCUT2D eigenvalue weighted by molar-refractivity contribution is 0.0690. The first-order valence-corrected chi connectivity index (χ1v) is 9.99. The van der Waals surface area contributed by atoms with Gasteiger partial charge in [-0.3, -0.25) is 4.79 Å². The van der Waals surface area contributed by atoms with Crippen molar-refractivity contribution in [3.8, 4) is 0 Å². The molecule has 0 aliphatic heterocycles. The molecule has 0 saturated heterocycles. The van der Waals surface area contributed by atoms with Crippen LogP contribution in [0, 0.1) is 13.8 Å². The summed E-state index contributed by atoms with van der Waals surface area (Å²) in [5.74, 6) is -1.10. The molecule has 6 nitrogen and oxygen atoms in total. The van der Waals surface area contributed by atoms with E-state index in [0.717, 1.165) is 22.0 Å². The molecule has 3 rings (SSSR count). The Kier molecular flexibility index (Phi) is 5.76. The van der Waals surface area contributed by atoms with Crippen LogP contribution in [0.2, 0.25) is 0 Å². The van der Waals surface area contributed by atoms with Crippen LogP contribution in [0.1, 0.15) is 75.4 Å². The van der Waals surface area contributed by atoms with Gasteiger partial charge in [0.2, 0.25) is 0 Å². The fraction of sp³-hybridized carbons (Fsp3) is 0.526. The molecule has 2 N–H and O–H groups in total. The minimum Gasteiger partial charge on any atom is -0.476 e. The van der Waals surface area contributed by atoms with Crippen LogP contribution in [-0.4, -0.2) is 33.1 Å². The van der Waals surface area contributed by atoms with Crippen LogP contribution in [0.15, 0.2) is 11.4 Å². The topological polar surface area (TPSA) is 84.2 Å². The summed E-state index contributed by atoms with van der Waals surface area (Å²) in [4.78, 5) is 27.5. The number of carboxylic acids is 1. The predicted octanol–water partition coefficient (Wildman–Crippen LogP) is 3.74. The maximum atomic E-state index is 12.6. The Hall–Kier alpha value is -2.15. The summed E-state index contributed by atoms with van der Waals surface area (Å²) in [7, 11) is 0. The van der Waals surface area contributed by atoms with Gasteiger partial charge in [-0.05, 0) is 32.8 Å². The molecule has 0 aromatic carbocycles. The number of hydrogen-bond acceptors (Lipinski definition) is 4. The van der Waals surface area contributed by atoms with Crippen molar-refractivity contribution in [1.82, 2.24) is 14.9 Å². The van der Waals surface area contributed by atoms with Crippen molar-refractivity contribution in [2.24, 2.45) is 0 Å². The monoisotopic (exact) mass is 375 g/mol. The number of nitrogens with zero attached hydrogens (tertiary/aromatic N) is 2. The molecule has 26 heavy (non-hydrogen) atoms. The van der Waals surface area contributed by atoms with E-state index in [4.69, 9.17) is 5.11 Å². The normalized spacial score (nSPS) is 15.2. The molecule has 0 unspecified atom stereocenters. The molecule has 0 radical (unpaired) electrons. The number of aromatic carboxylic acids is 1. The lowest BCUT2D eigenvalue weighted by Crippen LogP contribution is -2.26. The Morgan fingerprint density at radius 3 is 2.69 bits per heavy atom. The zero-order chi connectivity index (χ0) is 18.7. The molecular weight excluding hydrogens is 350 g/mol. The molecule has 0 spiro atoms. The van der Waals surface area contributed by atoms with Crippen molar-refractivity contribution < 1.29 is 14.7 Å². The summed E-state index contributed by atoms with van der Waals surface area (Å²) in [5, 5.41) is 14.1. The van der Waals surface area contributed by atoms with E-state index in [9.17, 15) is 9.59 Å². The molecule has 0 bridgehead atoms. The number of nitrogens with one attached hydrogen (secondary N) is 1. The maximum Gasteiger partial charge on any atom is 0.355 e. The zero-order valence-corrected chi connectivity index (χ0v) is 16.1. The SMILES string of the molecule is Cc1cc(C(=O)NCCc2nc(C(=O)O)cs2)c(C)n1C1CCCCC1. The lowest BCUT2D eigenvalue weighted by Gasteiger charge is -2.26. The van der Waals surface area contributed by atoms with Gasteiger partial charge in [-0.15, -0.1) is 11.3 Å². The number of rotatable bonds is 6. The van der Waals surface area contributed by atoms with Crippen molar-refractivity contribution in [3.63, 3.8) is 0 Å². The van der Waals surface area contributed by atoms with Gasteiger partial charge in [-0.2, -0.15) is 0 Å². The Morgan fingerprint density at radius 1 is 1.31 bits per heavy atom. The summed E-state index contributed by atoms with van der Waals surface area (Å²) in [6, 6.07) is 2.49. The number of amides is 1. The van der Waals surface area contributed by atoms with E-state index >= 15 is 0 Å². The molecule has 2 aromatic heterocycles. The van der Waals surface area contributed by atoms with E-state index in [0.29, 0.717) is 19.0 Å². The lowest BCUT2D eigenvalue weighted by atomic mass is 9.95. The average molecular weight is 375 g/mol. The van der Waals surface area contributed by atoms with Crippen molar-refractivity contribution in [3.05, 3.63) is 39.1 Å². The van der Waals surface area contributed by atoms with E-state index in [2.05, 4.69) is 21.8 Å². The summed E-state index contributed by atoms with van der Waals surface area (Å²) < 4.78 is 2.33. The van der Waals surface area contributed by atoms with Crippen molar-refractivity contribution in [2.75, 3.05) is 6.54 Å². The van der Waals surface area contributed by atoms with E-state index in [1.54, 1.807) is 0 Å². The third-order valence-corrected chi connectivity index (χ3v) is 5.97. The number of carbonyl (C=O) groups is 2. The van der Waals surface area contributed by atoms with Gasteiger partial charge in [0, 0.05) is 35.8 Å². The minimum absolute atomic E-state index is 0.0624. The van der Waals surface area contributed by atoms with E-state index in [1.165, 1.54) is 48.8 Å². The number of aryl methyl sites for hydroxylation is 1. The van der Waals surface area contributed by atoms with Crippen LogP contribution in [0.5, 0.6) is 0 Å². The first-order chi connectivity index (χ1) is 12.5. The fourth-order valence-electron chi connectivity index (χ4n) is 3.81. The van der Waals surface area contributed by atoms with E-state index in [-0.39, 0.29) is 11.6 Å². The maximum absolute atomic E-state index is 12.6. The molecule has 2 aromatic rings. The largest absolute Gasteiger partial charge is 0.476 e. The summed E-state index contributed by atoms with van der Waals surface area (Å²) >= 11 is 1.31. The van der Waals surface area contributed by atoms with Gasteiger partial charge < -0.3 is 15.0 Å². The quantitative estimate of drug-likeness (QED) is 0.805. The van der Waals surface area contributed by atoms with Crippen LogP contribution >= 0.6 is 11.3 Å². The van der Waals surface area contributed by atoms with Crippen LogP contribution in [-0.2, 0) is 6.42 Å². The Bertz CT molecular complexity index is 803. The van der Waals surface area contributed by atoms with Crippen molar-refractivity contribution in [1.29, 1.82) is 0 Å². The molecule has 7 heteroatoms. The number of thiazole rings is 1. The van der Waals surface area contributed by atoms with E-state index in [1.807, 2.05) is 13.0 Å². The summed E-state index contributed by atoms with van der Waals surface area (Å²) in [6.07, 6.45) is 6.74. The van der Waals surface area contributed by atoms with Gasteiger partial charge in [0.15, 0.2) is 5.69 Å². The van der Waals surface area contributed by atoms with Gasteiger partial charge in [0.05, 0.1) is 10.6 Å². The van der Waals surface area contributed by atoms with Gasteiger partial charge >= 0.3 is 5.97 Å². The third kappa shape index (κ3) is 3.98. The standard InChI is InChI=1S/C19H25N3O3S/c1-12-10-15(13(2)22(12)14-6-4-3-5-7-14)18(23)20-9-8-17-21-16(11-26-17)19(24)25/h10-11,14H,3-9H2,1-2H3,(H,20,23)(H,24,25). The predicted molar refractivity (Wildman–Crippen MR) is 101 cm³/mol. The van der Waals surface area contributed by atoms with Gasteiger partial charge in [-0.1, -0.05) is 19.3 Å². The average Bonchev–Trinajstić information content (AvgIpc) is 3.20. The third-order valence-electron chi connectivity index (χ3n) is 5.06. The highest BCUT2D eigenvalue weighted by Crippen LogP contribution is 2.32. The second-order valence-electron chi connectivity index (χ2n) is 6.88. The fourth-order valence-corrected chi connectivity index (χ4v) is 4.58. The van der Waals surface area contributed by atoms with Crippen molar-refractivity contribution >= 4 is 23.2 Å². The molecule has 2 heterocycles. The van der Waals surface area contributed by atoms with Gasteiger partial charge in [0.25, 0.3) is 5.91 Å². The highest BCUT2D eigenvalue weighted by Gasteiger charge is 2.22. The number of carboxylic acid groups (broad SMARTS) is 1. The molecule has 140 valence electrons. The van der Waals surface area contributed by atoms with Crippen LogP contribution < -0.4 is 5.32 Å². The first-order valence-electron chi connectivity index (χ1n) is 9.11.